The first kappa shape index (κ1) is 6.95. The molecule has 0 amide bonds. The van der Waals surface area contributed by atoms with Crippen LogP contribution >= 0.6 is 0 Å². The second-order valence-electron chi connectivity index (χ2n) is 1.89. The SMILES string of the molecule is NCc1ccc(F)c[n+]1O. The minimum Gasteiger partial charge on any atom is -0.321 e. The highest BCUT2D eigenvalue weighted by atomic mass is 19.1. The largest absolute Gasteiger partial charge is 0.321 e. The van der Waals surface area contributed by atoms with E-state index in [1.54, 1.807) is 0 Å². The lowest BCUT2D eigenvalue weighted by atomic mass is 10.3. The molecule has 4 heteroatoms. The summed E-state index contributed by atoms with van der Waals surface area (Å²) in [7, 11) is 0. The molecule has 0 saturated heterocycles. The van der Waals surface area contributed by atoms with Crippen molar-refractivity contribution in [2.75, 3.05) is 0 Å². The van der Waals surface area contributed by atoms with Crippen LogP contribution < -0.4 is 10.5 Å². The van der Waals surface area contributed by atoms with Crippen molar-refractivity contribution >= 4 is 0 Å². The molecule has 1 rings (SSSR count). The van der Waals surface area contributed by atoms with E-state index in [0.29, 0.717) is 10.4 Å². The zero-order chi connectivity index (χ0) is 7.56. The minimum atomic E-state index is -0.486. The Bertz CT molecular complexity index is 239. The number of hydrogen-bond acceptors (Lipinski definition) is 2. The zero-order valence-corrected chi connectivity index (χ0v) is 5.29. The number of nitrogens with two attached hydrogens (primary N) is 1. The maximum atomic E-state index is 12.3. The molecule has 3 nitrogen and oxygen atoms in total. The zero-order valence-electron chi connectivity index (χ0n) is 5.29. The molecule has 1 heterocycles. The predicted octanol–water partition coefficient (Wildman–Crippen LogP) is -0.191. The van der Waals surface area contributed by atoms with Gasteiger partial charge in [0, 0.05) is 10.8 Å². The topological polar surface area (TPSA) is 50.1 Å². The maximum Gasteiger partial charge on any atom is 0.258 e. The summed E-state index contributed by atoms with van der Waals surface area (Å²) in [4.78, 5) is 0. The summed E-state index contributed by atoms with van der Waals surface area (Å²) in [6, 6.07) is 2.67. The van der Waals surface area contributed by atoms with Gasteiger partial charge in [-0.15, -0.1) is 0 Å². The molecule has 0 aliphatic carbocycles. The molecule has 1 aromatic heterocycles. The molecule has 0 fully saturated rings. The molecule has 0 bridgehead atoms. The lowest BCUT2D eigenvalue weighted by molar-refractivity contribution is -0.910. The van der Waals surface area contributed by atoms with Crippen molar-refractivity contribution in [3.05, 3.63) is 29.8 Å². The molecular formula is C6H8FN2O+. The van der Waals surface area contributed by atoms with Crippen molar-refractivity contribution in [1.29, 1.82) is 0 Å². The molecule has 0 unspecified atom stereocenters. The van der Waals surface area contributed by atoms with E-state index in [9.17, 15) is 4.39 Å². The van der Waals surface area contributed by atoms with Crippen LogP contribution in [0.5, 0.6) is 0 Å². The molecule has 0 aromatic carbocycles. The normalized spacial score (nSPS) is 9.80. The lowest BCUT2D eigenvalue weighted by Gasteiger charge is -1.90. The van der Waals surface area contributed by atoms with E-state index >= 15 is 0 Å². The molecule has 54 valence electrons. The number of nitrogens with zero attached hydrogens (tertiary/aromatic N) is 1. The van der Waals surface area contributed by atoms with Gasteiger partial charge in [-0.3, -0.25) is 5.21 Å². The molecule has 0 aliphatic heterocycles. The van der Waals surface area contributed by atoms with Gasteiger partial charge in [-0.2, -0.15) is 0 Å². The smallest absolute Gasteiger partial charge is 0.258 e. The number of rotatable bonds is 1. The van der Waals surface area contributed by atoms with Crippen molar-refractivity contribution in [2.24, 2.45) is 5.73 Å². The summed E-state index contributed by atoms with van der Waals surface area (Å²) in [5.41, 5.74) is 5.67. The van der Waals surface area contributed by atoms with Crippen LogP contribution in [0.15, 0.2) is 18.3 Å². The van der Waals surface area contributed by atoms with E-state index in [0.717, 1.165) is 6.20 Å². The van der Waals surface area contributed by atoms with E-state index in [4.69, 9.17) is 10.9 Å². The summed E-state index contributed by atoms with van der Waals surface area (Å²) in [6.45, 7) is 0.191. The van der Waals surface area contributed by atoms with Gasteiger partial charge in [0.2, 0.25) is 5.69 Å². The van der Waals surface area contributed by atoms with Gasteiger partial charge in [-0.05, 0) is 6.07 Å². The fourth-order valence-corrected chi connectivity index (χ4v) is 0.657. The van der Waals surface area contributed by atoms with E-state index in [-0.39, 0.29) is 6.54 Å². The van der Waals surface area contributed by atoms with Crippen LogP contribution in [-0.4, -0.2) is 5.21 Å². The Morgan fingerprint density at radius 1 is 1.60 bits per heavy atom. The fourth-order valence-electron chi connectivity index (χ4n) is 0.657. The highest BCUT2D eigenvalue weighted by Gasteiger charge is 2.07. The van der Waals surface area contributed by atoms with Crippen molar-refractivity contribution in [1.82, 2.24) is 0 Å². The monoisotopic (exact) mass is 143 g/mol. The average molecular weight is 143 g/mol. The molecule has 0 saturated carbocycles. The molecule has 0 spiro atoms. The number of pyridine rings is 1. The van der Waals surface area contributed by atoms with Gasteiger partial charge < -0.3 is 5.73 Å². The maximum absolute atomic E-state index is 12.3. The lowest BCUT2D eigenvalue weighted by Crippen LogP contribution is -2.36. The Morgan fingerprint density at radius 3 is 2.80 bits per heavy atom. The molecule has 0 radical (unpaired) electrons. The van der Waals surface area contributed by atoms with Gasteiger partial charge in [-0.25, -0.2) is 4.39 Å². The van der Waals surface area contributed by atoms with Crippen molar-refractivity contribution < 1.29 is 14.3 Å². The Labute approximate surface area is 57.5 Å². The minimum absolute atomic E-state index is 0.191. The van der Waals surface area contributed by atoms with Crippen LogP contribution in [-0.2, 0) is 6.54 Å². The van der Waals surface area contributed by atoms with Gasteiger partial charge in [0.25, 0.3) is 6.20 Å². The second-order valence-corrected chi connectivity index (χ2v) is 1.89. The number of hydrogen-bond donors (Lipinski definition) is 2. The molecule has 3 N–H and O–H groups in total. The summed E-state index contributed by atoms with van der Waals surface area (Å²) >= 11 is 0. The van der Waals surface area contributed by atoms with E-state index in [1.807, 2.05) is 0 Å². The Hall–Kier alpha value is -1.16. The summed E-state index contributed by atoms with van der Waals surface area (Å²) in [5.74, 6) is -0.486. The Kier molecular flexibility index (Phi) is 1.82. The number of aromatic nitrogens is 1. The number of halogens is 1. The quantitative estimate of drug-likeness (QED) is 0.423. The van der Waals surface area contributed by atoms with Crippen LogP contribution in [0.25, 0.3) is 0 Å². The van der Waals surface area contributed by atoms with Crippen molar-refractivity contribution in [3.63, 3.8) is 0 Å². The molecule has 0 aliphatic rings. The fraction of sp³-hybridized carbons (Fsp3) is 0.167. The van der Waals surface area contributed by atoms with Crippen molar-refractivity contribution in [3.8, 4) is 0 Å². The molecular weight excluding hydrogens is 135 g/mol. The summed E-state index contributed by atoms with van der Waals surface area (Å²) < 4.78 is 12.9. The highest BCUT2D eigenvalue weighted by Crippen LogP contribution is 1.93. The first-order valence-corrected chi connectivity index (χ1v) is 2.83. The molecule has 1 aromatic rings. The Balaban J connectivity index is 3.07. The van der Waals surface area contributed by atoms with Crippen LogP contribution in [0.3, 0.4) is 0 Å². The van der Waals surface area contributed by atoms with E-state index in [2.05, 4.69) is 0 Å². The third-order valence-corrected chi connectivity index (χ3v) is 1.18. The molecule has 0 atom stereocenters. The van der Waals surface area contributed by atoms with Gasteiger partial charge in [-0.1, -0.05) is 0 Å². The van der Waals surface area contributed by atoms with Gasteiger partial charge in [0.05, 0.1) is 6.54 Å². The van der Waals surface area contributed by atoms with Crippen LogP contribution in [0.4, 0.5) is 4.39 Å². The third-order valence-electron chi connectivity index (χ3n) is 1.18. The van der Waals surface area contributed by atoms with Gasteiger partial charge in [0.15, 0.2) is 5.82 Å². The highest BCUT2D eigenvalue weighted by molar-refractivity contribution is 4.97. The third kappa shape index (κ3) is 1.22. The first-order valence-electron chi connectivity index (χ1n) is 2.83. The average Bonchev–Trinajstić information content (AvgIpc) is 1.88. The van der Waals surface area contributed by atoms with E-state index in [1.165, 1.54) is 12.1 Å². The van der Waals surface area contributed by atoms with Crippen LogP contribution in [0, 0.1) is 5.82 Å². The second kappa shape index (κ2) is 2.62. The standard InChI is InChI=1S/C6H8FN2O/c7-5-1-2-6(3-8)9(10)4-5/h1-2,4,10H,3,8H2/q+1. The van der Waals surface area contributed by atoms with E-state index < -0.39 is 5.82 Å². The predicted molar refractivity (Wildman–Crippen MR) is 31.7 cm³/mol. The first-order chi connectivity index (χ1) is 4.74. The van der Waals surface area contributed by atoms with Crippen LogP contribution in [0.2, 0.25) is 0 Å². The van der Waals surface area contributed by atoms with Crippen LogP contribution in [0.1, 0.15) is 5.69 Å². The Morgan fingerprint density at radius 2 is 2.30 bits per heavy atom. The summed E-state index contributed by atoms with van der Waals surface area (Å²) in [6.07, 6.45) is 0.961. The van der Waals surface area contributed by atoms with Gasteiger partial charge in [0.1, 0.15) is 0 Å². The summed E-state index contributed by atoms with van der Waals surface area (Å²) in [5, 5.41) is 8.89. The van der Waals surface area contributed by atoms with Gasteiger partial charge >= 0.3 is 0 Å². The molecule has 10 heavy (non-hydrogen) atoms. The van der Waals surface area contributed by atoms with Crippen molar-refractivity contribution in [2.45, 2.75) is 6.54 Å².